The minimum Gasteiger partial charge on any atom is -0.496 e. The minimum atomic E-state index is -0.416. The van der Waals surface area contributed by atoms with Crippen molar-refractivity contribution in [2.75, 3.05) is 33.9 Å². The van der Waals surface area contributed by atoms with Crippen LogP contribution >= 0.6 is 0 Å². The van der Waals surface area contributed by atoms with Crippen molar-refractivity contribution in [3.63, 3.8) is 0 Å². The molecule has 1 fully saturated rings. The highest BCUT2D eigenvalue weighted by Crippen LogP contribution is 2.24. The minimum absolute atomic E-state index is 0.185. The van der Waals surface area contributed by atoms with Gasteiger partial charge in [-0.2, -0.15) is 5.43 Å². The molecule has 0 spiro atoms. The Hall–Kier alpha value is -3.06. The third kappa shape index (κ3) is 5.59. The van der Waals surface area contributed by atoms with Gasteiger partial charge in [0.1, 0.15) is 36.7 Å². The number of hydrogen-bond donors (Lipinski definition) is 1. The number of carbonyl (C=O) groups excluding carboxylic acids is 2. The lowest BCUT2D eigenvalue weighted by Crippen LogP contribution is -2.65. The smallest absolute Gasteiger partial charge is 0.342 e. The molecule has 1 N–H and O–H groups in total. The standard InChI is InChI=1S/C25H32N2O5/c1-4-19(32-25(29)21-13-7-9-15-23(21)31-3)18-27(16-10-5-11-17-27)26-24(28)20-12-6-8-14-22(20)30-2/h6-9,12-15,19H,4-5,10-11,16-18H2,1-3H3/p+1. The second kappa shape index (κ2) is 11.0. The van der Waals surface area contributed by atoms with Crippen molar-refractivity contribution in [2.45, 2.75) is 38.7 Å². The highest BCUT2D eigenvalue weighted by Gasteiger charge is 2.37. The molecule has 0 aliphatic carbocycles. The Morgan fingerprint density at radius 3 is 2.06 bits per heavy atom. The second-order valence-electron chi connectivity index (χ2n) is 8.11. The summed E-state index contributed by atoms with van der Waals surface area (Å²) in [5.74, 6) is 0.421. The summed E-state index contributed by atoms with van der Waals surface area (Å²) in [5, 5.41) is 0. The van der Waals surface area contributed by atoms with Crippen molar-refractivity contribution in [3.05, 3.63) is 59.7 Å². The largest absolute Gasteiger partial charge is 0.496 e. The number of ether oxygens (including phenoxy) is 3. The number of para-hydroxylation sites is 2. The predicted octanol–water partition coefficient (Wildman–Crippen LogP) is 3.98. The zero-order chi connectivity index (χ0) is 23.0. The Labute approximate surface area is 189 Å². The number of hydrogen-bond acceptors (Lipinski definition) is 5. The monoisotopic (exact) mass is 441 g/mol. The van der Waals surface area contributed by atoms with Crippen molar-refractivity contribution < 1.29 is 28.4 Å². The van der Waals surface area contributed by atoms with Crippen molar-refractivity contribution in [3.8, 4) is 11.5 Å². The number of piperidine rings is 1. The molecule has 32 heavy (non-hydrogen) atoms. The van der Waals surface area contributed by atoms with Crippen LogP contribution in [-0.4, -0.2) is 56.4 Å². The van der Waals surface area contributed by atoms with Crippen LogP contribution in [0.15, 0.2) is 48.5 Å². The van der Waals surface area contributed by atoms with Crippen LogP contribution in [0.5, 0.6) is 11.5 Å². The molecule has 0 radical (unpaired) electrons. The second-order valence-corrected chi connectivity index (χ2v) is 8.11. The third-order valence-electron chi connectivity index (χ3n) is 5.97. The van der Waals surface area contributed by atoms with Crippen LogP contribution in [0.1, 0.15) is 53.3 Å². The molecule has 7 nitrogen and oxygen atoms in total. The lowest BCUT2D eigenvalue weighted by molar-refractivity contribution is -0.967. The van der Waals surface area contributed by atoms with E-state index in [4.69, 9.17) is 14.2 Å². The molecule has 0 saturated carbocycles. The van der Waals surface area contributed by atoms with Crippen LogP contribution in [-0.2, 0) is 4.74 Å². The molecule has 2 aromatic rings. The average Bonchev–Trinajstić information content (AvgIpc) is 2.83. The highest BCUT2D eigenvalue weighted by molar-refractivity contribution is 5.96. The molecule has 0 aromatic heterocycles. The molecule has 1 atom stereocenters. The zero-order valence-corrected chi connectivity index (χ0v) is 19.1. The van der Waals surface area contributed by atoms with Gasteiger partial charge in [0.2, 0.25) is 0 Å². The molecule has 2 aromatic carbocycles. The van der Waals surface area contributed by atoms with Gasteiger partial charge in [0, 0.05) is 0 Å². The summed E-state index contributed by atoms with van der Waals surface area (Å²) in [4.78, 5) is 26.0. The molecule has 1 unspecified atom stereocenters. The van der Waals surface area contributed by atoms with Crippen LogP contribution in [0.3, 0.4) is 0 Å². The first kappa shape index (κ1) is 23.6. The number of quaternary nitrogens is 1. The van der Waals surface area contributed by atoms with Gasteiger partial charge in [-0.15, -0.1) is 0 Å². The van der Waals surface area contributed by atoms with E-state index < -0.39 is 5.97 Å². The first-order valence-electron chi connectivity index (χ1n) is 11.2. The highest BCUT2D eigenvalue weighted by atomic mass is 16.5. The fourth-order valence-electron chi connectivity index (χ4n) is 4.23. The number of esters is 1. The van der Waals surface area contributed by atoms with Gasteiger partial charge in [-0.1, -0.05) is 31.2 Å². The third-order valence-corrected chi connectivity index (χ3v) is 5.97. The normalized spacial score (nSPS) is 16.0. The molecule has 1 amide bonds. The van der Waals surface area contributed by atoms with E-state index in [2.05, 4.69) is 5.43 Å². The zero-order valence-electron chi connectivity index (χ0n) is 19.1. The average molecular weight is 442 g/mol. The number of nitrogens with zero attached hydrogens (tertiary/aromatic N) is 1. The van der Waals surface area contributed by atoms with Crippen molar-refractivity contribution in [1.82, 2.24) is 5.43 Å². The van der Waals surface area contributed by atoms with Gasteiger partial charge in [-0.05, 0) is 49.9 Å². The molecule has 172 valence electrons. The van der Waals surface area contributed by atoms with Crippen LogP contribution in [0.4, 0.5) is 0 Å². The van der Waals surface area contributed by atoms with E-state index in [0.29, 0.717) is 40.2 Å². The van der Waals surface area contributed by atoms with Gasteiger partial charge in [-0.3, -0.25) is 4.79 Å². The van der Waals surface area contributed by atoms with Gasteiger partial charge in [-0.25, -0.2) is 9.39 Å². The fourth-order valence-corrected chi connectivity index (χ4v) is 4.23. The SMILES string of the molecule is CCC(C[N+]1(NC(=O)c2ccccc2OC)CCCCC1)OC(=O)c1ccccc1OC. The van der Waals surface area contributed by atoms with Gasteiger partial charge < -0.3 is 14.2 Å². The Bertz CT molecular complexity index is 924. The summed E-state index contributed by atoms with van der Waals surface area (Å²) < 4.78 is 16.9. The Kier molecular flexibility index (Phi) is 8.11. The molecule has 1 saturated heterocycles. The van der Waals surface area contributed by atoms with Gasteiger partial charge >= 0.3 is 5.97 Å². The van der Waals surface area contributed by atoms with E-state index in [0.717, 1.165) is 32.4 Å². The van der Waals surface area contributed by atoms with Crippen molar-refractivity contribution >= 4 is 11.9 Å². The summed E-state index contributed by atoms with van der Waals surface area (Å²) in [6, 6.07) is 14.2. The van der Waals surface area contributed by atoms with E-state index in [9.17, 15) is 9.59 Å². The van der Waals surface area contributed by atoms with Crippen LogP contribution in [0.25, 0.3) is 0 Å². The number of amides is 1. The number of methoxy groups -OCH3 is 2. The summed E-state index contributed by atoms with van der Waals surface area (Å²) in [6.45, 7) is 4.09. The lowest BCUT2D eigenvalue weighted by Gasteiger charge is -2.41. The Morgan fingerprint density at radius 1 is 0.906 bits per heavy atom. The summed E-state index contributed by atoms with van der Waals surface area (Å²) in [5.41, 5.74) is 4.12. The van der Waals surface area contributed by atoms with Crippen LogP contribution in [0, 0.1) is 0 Å². The molecule has 1 aliphatic heterocycles. The van der Waals surface area contributed by atoms with E-state index in [1.54, 1.807) is 37.4 Å². The van der Waals surface area contributed by atoms with Gasteiger partial charge in [0.15, 0.2) is 6.10 Å². The molecule has 1 aliphatic rings. The molecule has 1 heterocycles. The summed E-state index contributed by atoms with van der Waals surface area (Å²) in [6.07, 6.45) is 3.43. The Morgan fingerprint density at radius 2 is 1.47 bits per heavy atom. The number of likely N-dealkylation sites (tertiary alicyclic amines) is 1. The van der Waals surface area contributed by atoms with Gasteiger partial charge in [0.25, 0.3) is 5.91 Å². The molecular weight excluding hydrogens is 408 g/mol. The topological polar surface area (TPSA) is 73.9 Å². The maximum atomic E-state index is 13.2. The van der Waals surface area contributed by atoms with Crippen molar-refractivity contribution in [2.24, 2.45) is 0 Å². The maximum Gasteiger partial charge on any atom is 0.342 e. The van der Waals surface area contributed by atoms with E-state index in [1.165, 1.54) is 7.11 Å². The molecule has 7 heteroatoms. The van der Waals surface area contributed by atoms with E-state index in [1.807, 2.05) is 25.1 Å². The first-order chi connectivity index (χ1) is 15.5. The number of carbonyl (C=O) groups is 2. The van der Waals surface area contributed by atoms with Gasteiger partial charge in [0.05, 0.1) is 19.8 Å². The van der Waals surface area contributed by atoms with Crippen LogP contribution in [0.2, 0.25) is 0 Å². The molecule has 3 rings (SSSR count). The fraction of sp³-hybridized carbons (Fsp3) is 0.440. The summed E-state index contributed by atoms with van der Waals surface area (Å²) >= 11 is 0. The van der Waals surface area contributed by atoms with Crippen LogP contribution < -0.4 is 14.9 Å². The quantitative estimate of drug-likeness (QED) is 0.471. The first-order valence-corrected chi connectivity index (χ1v) is 11.2. The molecular formula is C25H33N2O5+. The molecule has 0 bridgehead atoms. The van der Waals surface area contributed by atoms with E-state index >= 15 is 0 Å². The maximum absolute atomic E-state index is 13.2. The van der Waals surface area contributed by atoms with E-state index in [-0.39, 0.29) is 12.0 Å². The Balaban J connectivity index is 1.77. The summed E-state index contributed by atoms with van der Waals surface area (Å²) in [7, 11) is 3.09. The number of rotatable bonds is 9. The lowest BCUT2D eigenvalue weighted by atomic mass is 10.1. The predicted molar refractivity (Wildman–Crippen MR) is 122 cm³/mol. The number of nitrogens with one attached hydrogen (secondary N) is 1. The number of benzene rings is 2. The van der Waals surface area contributed by atoms with Crippen molar-refractivity contribution in [1.29, 1.82) is 0 Å².